The van der Waals surface area contributed by atoms with Crippen molar-refractivity contribution < 1.29 is 14.3 Å². The van der Waals surface area contributed by atoms with Gasteiger partial charge in [-0.25, -0.2) is 14.5 Å². The molecule has 0 bridgehead atoms. The molecule has 35 heavy (non-hydrogen) atoms. The molecular weight excluding hydrogens is 448 g/mol. The van der Waals surface area contributed by atoms with Gasteiger partial charge in [0.25, 0.3) is 5.91 Å². The first-order valence-electron chi connectivity index (χ1n) is 12.0. The van der Waals surface area contributed by atoms with E-state index in [1.165, 1.54) is 6.33 Å². The second kappa shape index (κ2) is 9.87. The number of nitrogens with one attached hydrogen (secondary N) is 3. The predicted octanol–water partition coefficient (Wildman–Crippen LogP) is 1.29. The summed E-state index contributed by atoms with van der Waals surface area (Å²) in [6.45, 7) is 0.900. The van der Waals surface area contributed by atoms with Crippen molar-refractivity contribution in [1.82, 2.24) is 35.5 Å². The Balaban J connectivity index is 1.29. The molecule has 11 nitrogen and oxygen atoms in total. The quantitative estimate of drug-likeness (QED) is 0.414. The number of nitrogens with two attached hydrogens (primary N) is 1. The van der Waals surface area contributed by atoms with Crippen molar-refractivity contribution in [2.24, 2.45) is 0 Å². The molecule has 184 valence electrons. The van der Waals surface area contributed by atoms with Crippen LogP contribution < -0.4 is 26.4 Å². The Morgan fingerprint density at radius 2 is 1.89 bits per heavy atom. The number of aromatic nitrogens is 4. The number of ether oxygens (including phenoxy) is 1. The van der Waals surface area contributed by atoms with Gasteiger partial charge in [0.15, 0.2) is 5.82 Å². The maximum absolute atomic E-state index is 13.3. The van der Waals surface area contributed by atoms with E-state index in [1.807, 2.05) is 6.07 Å². The summed E-state index contributed by atoms with van der Waals surface area (Å²) in [4.78, 5) is 34.0. The Morgan fingerprint density at radius 3 is 2.60 bits per heavy atom. The van der Waals surface area contributed by atoms with Crippen LogP contribution in [-0.4, -0.2) is 63.2 Å². The number of nitrogens with zero attached hydrogens (tertiary/aromatic N) is 4. The van der Waals surface area contributed by atoms with Gasteiger partial charge in [-0.05, 0) is 57.2 Å². The highest BCUT2D eigenvalue weighted by atomic mass is 16.5. The number of carbonyl (C=O) groups is 2. The Morgan fingerprint density at radius 1 is 1.11 bits per heavy atom. The van der Waals surface area contributed by atoms with Crippen LogP contribution in [0.5, 0.6) is 5.88 Å². The second-order valence-corrected chi connectivity index (χ2v) is 9.12. The van der Waals surface area contributed by atoms with Crippen LogP contribution in [-0.2, 0) is 4.79 Å². The Kier molecular flexibility index (Phi) is 6.49. The average molecular weight is 479 g/mol. The third kappa shape index (κ3) is 4.76. The molecule has 1 saturated heterocycles. The van der Waals surface area contributed by atoms with E-state index >= 15 is 0 Å². The van der Waals surface area contributed by atoms with E-state index in [-0.39, 0.29) is 35.8 Å². The molecule has 2 fully saturated rings. The maximum Gasteiger partial charge on any atom is 0.253 e. The zero-order valence-corrected chi connectivity index (χ0v) is 19.7. The molecule has 5 N–H and O–H groups in total. The molecule has 0 radical (unpaired) electrons. The van der Waals surface area contributed by atoms with Crippen LogP contribution in [0.1, 0.15) is 48.9 Å². The normalized spacial score (nSPS) is 22.1. The zero-order valence-electron chi connectivity index (χ0n) is 19.7. The number of rotatable bonds is 6. The van der Waals surface area contributed by atoms with Crippen LogP contribution in [0.4, 0.5) is 5.82 Å². The Hall–Kier alpha value is -3.73. The lowest BCUT2D eigenvalue weighted by molar-refractivity contribution is -0.123. The van der Waals surface area contributed by atoms with Gasteiger partial charge in [-0.3, -0.25) is 9.59 Å². The van der Waals surface area contributed by atoms with Crippen LogP contribution in [0.15, 0.2) is 30.7 Å². The number of hydrogen-bond acceptors (Lipinski definition) is 8. The van der Waals surface area contributed by atoms with Gasteiger partial charge in [0.1, 0.15) is 11.8 Å². The molecule has 11 heteroatoms. The summed E-state index contributed by atoms with van der Waals surface area (Å²) in [5.41, 5.74) is 8.51. The molecule has 2 aliphatic rings. The molecule has 3 aromatic heterocycles. The third-order valence-electron chi connectivity index (χ3n) is 6.85. The first kappa shape index (κ1) is 23.0. The van der Waals surface area contributed by atoms with Gasteiger partial charge >= 0.3 is 0 Å². The first-order chi connectivity index (χ1) is 17.0. The second-order valence-electron chi connectivity index (χ2n) is 9.12. The van der Waals surface area contributed by atoms with Crippen molar-refractivity contribution >= 4 is 23.1 Å². The highest BCUT2D eigenvalue weighted by molar-refractivity contribution is 6.05. The first-order valence-corrected chi connectivity index (χ1v) is 12.0. The van der Waals surface area contributed by atoms with Crippen LogP contribution in [0.2, 0.25) is 0 Å². The summed E-state index contributed by atoms with van der Waals surface area (Å²) < 4.78 is 6.86. The van der Waals surface area contributed by atoms with Crippen molar-refractivity contribution in [2.75, 3.05) is 19.4 Å². The summed E-state index contributed by atoms with van der Waals surface area (Å²) in [7, 11) is 1.55. The standard InChI is InChI=1S/C24H30N8O3/c1-35-20-11-14(8-10-27-20)19-12-17(21-22(25)28-13-29-32(19)21)23(33)30-15-4-6-16(7-5-15)31-24(34)18-3-2-9-26-18/h8,10-13,15-16,18,26H,2-7,9H2,1H3,(H,30,33)(H,31,34)(H2,25,28,29)/t15?,16?,18-/m0/s1. The fraction of sp³-hybridized carbons (Fsp3) is 0.458. The SMILES string of the molecule is COc1cc(-c2cc(C(=O)NC3CCC(NC(=O)[C@@H]4CCCN4)CC3)c3c(N)ncnn23)ccn1. The molecule has 0 unspecified atom stereocenters. The molecule has 1 aliphatic heterocycles. The van der Waals surface area contributed by atoms with Crippen molar-refractivity contribution in [1.29, 1.82) is 0 Å². The molecule has 0 spiro atoms. The van der Waals surface area contributed by atoms with Crippen molar-refractivity contribution in [3.8, 4) is 17.1 Å². The number of carbonyl (C=O) groups excluding carboxylic acids is 2. The topological polar surface area (TPSA) is 149 Å². The minimum Gasteiger partial charge on any atom is -0.481 e. The van der Waals surface area contributed by atoms with Gasteiger partial charge in [0.05, 0.1) is 24.4 Å². The molecule has 1 saturated carbocycles. The highest BCUT2D eigenvalue weighted by Gasteiger charge is 2.29. The summed E-state index contributed by atoms with van der Waals surface area (Å²) in [6.07, 6.45) is 8.17. The van der Waals surface area contributed by atoms with E-state index < -0.39 is 0 Å². The molecule has 5 rings (SSSR count). The third-order valence-corrected chi connectivity index (χ3v) is 6.85. The number of amides is 2. The minimum absolute atomic E-state index is 0.0190. The number of anilines is 1. The minimum atomic E-state index is -0.223. The van der Waals surface area contributed by atoms with Crippen molar-refractivity contribution in [3.05, 3.63) is 36.3 Å². The number of pyridine rings is 1. The lowest BCUT2D eigenvalue weighted by Gasteiger charge is -2.30. The molecule has 4 heterocycles. The van der Waals surface area contributed by atoms with E-state index in [0.29, 0.717) is 22.7 Å². The molecule has 2 amide bonds. The Labute approximate surface area is 202 Å². The van der Waals surface area contributed by atoms with Crippen LogP contribution in [0.25, 0.3) is 16.8 Å². The number of hydrogen-bond donors (Lipinski definition) is 4. The van der Waals surface area contributed by atoms with Crippen LogP contribution in [0, 0.1) is 0 Å². The highest BCUT2D eigenvalue weighted by Crippen LogP contribution is 2.29. The number of fused-ring (bicyclic) bond motifs is 1. The largest absolute Gasteiger partial charge is 0.481 e. The molecule has 0 aromatic carbocycles. The Bertz CT molecular complexity index is 1230. The summed E-state index contributed by atoms with van der Waals surface area (Å²) in [5, 5.41) is 13.9. The lowest BCUT2D eigenvalue weighted by atomic mass is 9.90. The fourth-order valence-corrected chi connectivity index (χ4v) is 4.98. The van der Waals surface area contributed by atoms with E-state index in [2.05, 4.69) is 31.0 Å². The zero-order chi connectivity index (χ0) is 24.4. The van der Waals surface area contributed by atoms with E-state index in [4.69, 9.17) is 10.5 Å². The van der Waals surface area contributed by atoms with E-state index in [0.717, 1.165) is 50.6 Å². The monoisotopic (exact) mass is 478 g/mol. The summed E-state index contributed by atoms with van der Waals surface area (Å²) in [5.74, 6) is 0.548. The molecule has 1 atom stereocenters. The van der Waals surface area contributed by atoms with Gasteiger partial charge in [0.2, 0.25) is 11.8 Å². The van der Waals surface area contributed by atoms with Gasteiger partial charge in [0, 0.05) is 29.9 Å². The molecule has 1 aliphatic carbocycles. The maximum atomic E-state index is 13.3. The fourth-order valence-electron chi connectivity index (χ4n) is 4.98. The lowest BCUT2D eigenvalue weighted by Crippen LogP contribution is -2.48. The van der Waals surface area contributed by atoms with Gasteiger partial charge in [-0.15, -0.1) is 0 Å². The molecular formula is C24H30N8O3. The summed E-state index contributed by atoms with van der Waals surface area (Å²) in [6, 6.07) is 5.46. The van der Waals surface area contributed by atoms with Gasteiger partial charge < -0.3 is 26.4 Å². The smallest absolute Gasteiger partial charge is 0.253 e. The average Bonchev–Trinajstić information content (AvgIpc) is 3.55. The molecule has 3 aromatic rings. The number of nitrogen functional groups attached to an aromatic ring is 1. The predicted molar refractivity (Wildman–Crippen MR) is 130 cm³/mol. The van der Waals surface area contributed by atoms with Crippen molar-refractivity contribution in [3.63, 3.8) is 0 Å². The van der Waals surface area contributed by atoms with E-state index in [9.17, 15) is 9.59 Å². The van der Waals surface area contributed by atoms with Gasteiger partial charge in [-0.1, -0.05) is 0 Å². The van der Waals surface area contributed by atoms with Crippen molar-refractivity contribution in [2.45, 2.75) is 56.7 Å². The number of methoxy groups -OCH3 is 1. The van der Waals surface area contributed by atoms with E-state index in [1.54, 1.807) is 30.0 Å². The van der Waals surface area contributed by atoms with Crippen LogP contribution in [0.3, 0.4) is 0 Å². The van der Waals surface area contributed by atoms with Gasteiger partial charge in [-0.2, -0.15) is 5.10 Å². The van der Waals surface area contributed by atoms with Crippen LogP contribution >= 0.6 is 0 Å². The summed E-state index contributed by atoms with van der Waals surface area (Å²) >= 11 is 0.